The Kier molecular flexibility index (Phi) is 3.48. The van der Waals surface area contributed by atoms with Crippen LogP contribution >= 0.6 is 22.6 Å². The fraction of sp³-hybridized carbons (Fsp3) is 0.0625. The fourth-order valence-electron chi connectivity index (χ4n) is 2.26. The van der Waals surface area contributed by atoms with Crippen LogP contribution in [0.3, 0.4) is 0 Å². The standard InChI is InChI=1S/C16H13IN2/c17-13-6-4-12(5-7-13)16(18)14-3-1-2-11-8-9-19-10-15(11)14/h1-10,16H,18H2. The van der Waals surface area contributed by atoms with Crippen molar-refractivity contribution >= 4 is 33.4 Å². The number of hydrogen-bond acceptors (Lipinski definition) is 2. The molecule has 0 radical (unpaired) electrons. The summed E-state index contributed by atoms with van der Waals surface area (Å²) >= 11 is 2.30. The number of pyridine rings is 1. The van der Waals surface area contributed by atoms with Gasteiger partial charge in [-0.25, -0.2) is 0 Å². The van der Waals surface area contributed by atoms with E-state index in [-0.39, 0.29) is 6.04 Å². The minimum absolute atomic E-state index is 0.120. The van der Waals surface area contributed by atoms with Crippen molar-refractivity contribution < 1.29 is 0 Å². The number of hydrogen-bond donors (Lipinski definition) is 1. The van der Waals surface area contributed by atoms with E-state index < -0.39 is 0 Å². The van der Waals surface area contributed by atoms with Crippen molar-refractivity contribution in [1.82, 2.24) is 4.98 Å². The molecule has 0 amide bonds. The molecular formula is C16H13IN2. The Morgan fingerprint density at radius 1 is 1.00 bits per heavy atom. The maximum atomic E-state index is 6.40. The first-order chi connectivity index (χ1) is 9.25. The zero-order valence-electron chi connectivity index (χ0n) is 10.3. The van der Waals surface area contributed by atoms with Crippen molar-refractivity contribution in [1.29, 1.82) is 0 Å². The molecule has 0 saturated heterocycles. The lowest BCUT2D eigenvalue weighted by molar-refractivity contribution is 0.880. The van der Waals surface area contributed by atoms with Gasteiger partial charge in [0.1, 0.15) is 0 Å². The highest BCUT2D eigenvalue weighted by Gasteiger charge is 2.11. The second-order valence-electron chi connectivity index (χ2n) is 4.47. The SMILES string of the molecule is NC(c1ccc(I)cc1)c1cccc2ccncc12. The van der Waals surface area contributed by atoms with Crippen LogP contribution in [0.1, 0.15) is 17.2 Å². The topological polar surface area (TPSA) is 38.9 Å². The minimum atomic E-state index is -0.120. The van der Waals surface area contributed by atoms with Gasteiger partial charge < -0.3 is 5.73 Å². The summed E-state index contributed by atoms with van der Waals surface area (Å²) in [5.74, 6) is 0. The van der Waals surface area contributed by atoms with Crippen molar-refractivity contribution in [3.63, 3.8) is 0 Å². The molecule has 1 heterocycles. The Morgan fingerprint density at radius 2 is 1.79 bits per heavy atom. The van der Waals surface area contributed by atoms with E-state index in [1.807, 2.05) is 24.5 Å². The van der Waals surface area contributed by atoms with Crippen molar-refractivity contribution in [3.05, 3.63) is 75.6 Å². The monoisotopic (exact) mass is 360 g/mol. The molecule has 2 nitrogen and oxygen atoms in total. The van der Waals surface area contributed by atoms with Crippen LogP contribution < -0.4 is 5.73 Å². The molecule has 2 N–H and O–H groups in total. The molecule has 2 aromatic carbocycles. The largest absolute Gasteiger partial charge is 0.320 e. The van der Waals surface area contributed by atoms with Gasteiger partial charge >= 0.3 is 0 Å². The van der Waals surface area contributed by atoms with Crippen molar-refractivity contribution in [3.8, 4) is 0 Å². The van der Waals surface area contributed by atoms with Crippen molar-refractivity contribution in [2.24, 2.45) is 5.73 Å². The lowest BCUT2D eigenvalue weighted by Crippen LogP contribution is -2.12. The van der Waals surface area contributed by atoms with E-state index in [1.54, 1.807) is 0 Å². The number of rotatable bonds is 2. The quantitative estimate of drug-likeness (QED) is 0.705. The van der Waals surface area contributed by atoms with Gasteiger partial charge in [0.05, 0.1) is 6.04 Å². The molecule has 19 heavy (non-hydrogen) atoms. The Balaban J connectivity index is 2.11. The minimum Gasteiger partial charge on any atom is -0.320 e. The van der Waals surface area contributed by atoms with Crippen LogP contribution in [0.15, 0.2) is 60.9 Å². The summed E-state index contributed by atoms with van der Waals surface area (Å²) in [4.78, 5) is 4.21. The van der Waals surface area contributed by atoms with Gasteiger partial charge in [0.2, 0.25) is 0 Å². The van der Waals surface area contributed by atoms with Crippen LogP contribution in [0.25, 0.3) is 10.8 Å². The second-order valence-corrected chi connectivity index (χ2v) is 5.72. The Hall–Kier alpha value is -1.46. The molecule has 3 heteroatoms. The average Bonchev–Trinajstić information content (AvgIpc) is 2.47. The van der Waals surface area contributed by atoms with E-state index in [4.69, 9.17) is 5.73 Å². The Morgan fingerprint density at radius 3 is 2.58 bits per heavy atom. The van der Waals surface area contributed by atoms with Crippen molar-refractivity contribution in [2.75, 3.05) is 0 Å². The first kappa shape index (κ1) is 12.6. The molecule has 0 aliphatic rings. The van der Waals surface area contributed by atoms with Gasteiger partial charge in [0, 0.05) is 21.4 Å². The number of benzene rings is 2. The number of nitrogens with zero attached hydrogens (tertiary/aromatic N) is 1. The van der Waals surface area contributed by atoms with Gasteiger partial charge in [0.15, 0.2) is 0 Å². The van der Waals surface area contributed by atoms with Gasteiger partial charge in [-0.15, -0.1) is 0 Å². The summed E-state index contributed by atoms with van der Waals surface area (Å²) in [5, 5.41) is 2.30. The molecule has 0 bridgehead atoms. The third-order valence-electron chi connectivity index (χ3n) is 3.28. The third kappa shape index (κ3) is 2.48. The van der Waals surface area contributed by atoms with Crippen LogP contribution in [-0.4, -0.2) is 4.98 Å². The van der Waals surface area contributed by atoms with Gasteiger partial charge in [-0.1, -0.05) is 30.3 Å². The highest BCUT2D eigenvalue weighted by Crippen LogP contribution is 2.27. The number of fused-ring (bicyclic) bond motifs is 1. The number of aromatic nitrogens is 1. The molecular weight excluding hydrogens is 347 g/mol. The van der Waals surface area contributed by atoms with Gasteiger partial charge in [-0.2, -0.15) is 0 Å². The van der Waals surface area contributed by atoms with Crippen LogP contribution in [0.4, 0.5) is 0 Å². The number of halogens is 1. The normalized spacial score (nSPS) is 12.5. The molecule has 3 rings (SSSR count). The molecule has 0 saturated carbocycles. The van der Waals surface area contributed by atoms with Gasteiger partial charge in [0.25, 0.3) is 0 Å². The van der Waals surface area contributed by atoms with E-state index in [9.17, 15) is 0 Å². The molecule has 0 aliphatic heterocycles. The van der Waals surface area contributed by atoms with E-state index in [2.05, 4.69) is 64.0 Å². The molecule has 0 fully saturated rings. The summed E-state index contributed by atoms with van der Waals surface area (Å²) < 4.78 is 1.22. The lowest BCUT2D eigenvalue weighted by atomic mass is 9.95. The fourth-order valence-corrected chi connectivity index (χ4v) is 2.62. The third-order valence-corrected chi connectivity index (χ3v) is 4.00. The maximum absolute atomic E-state index is 6.40. The van der Waals surface area contributed by atoms with E-state index in [0.717, 1.165) is 16.5 Å². The Labute approximate surface area is 125 Å². The summed E-state index contributed by atoms with van der Waals surface area (Å²) in [5.41, 5.74) is 8.64. The predicted octanol–water partition coefficient (Wildman–Crippen LogP) is 3.89. The zero-order chi connectivity index (χ0) is 13.2. The summed E-state index contributed by atoms with van der Waals surface area (Å²) in [6.45, 7) is 0. The highest BCUT2D eigenvalue weighted by atomic mass is 127. The van der Waals surface area contributed by atoms with Crippen LogP contribution in [0.2, 0.25) is 0 Å². The van der Waals surface area contributed by atoms with Gasteiger partial charge in [-0.05, 0) is 57.3 Å². The van der Waals surface area contributed by atoms with Crippen LogP contribution in [-0.2, 0) is 0 Å². The second kappa shape index (κ2) is 5.27. The summed E-state index contributed by atoms with van der Waals surface area (Å²) in [6, 6.07) is 16.4. The van der Waals surface area contributed by atoms with E-state index in [0.29, 0.717) is 0 Å². The van der Waals surface area contributed by atoms with Crippen LogP contribution in [0.5, 0.6) is 0 Å². The molecule has 0 spiro atoms. The highest BCUT2D eigenvalue weighted by molar-refractivity contribution is 14.1. The first-order valence-corrected chi connectivity index (χ1v) is 7.17. The van der Waals surface area contributed by atoms with Crippen molar-refractivity contribution in [2.45, 2.75) is 6.04 Å². The molecule has 3 aromatic rings. The molecule has 1 aromatic heterocycles. The molecule has 1 unspecified atom stereocenters. The maximum Gasteiger partial charge on any atom is 0.0558 e. The molecule has 94 valence electrons. The number of nitrogens with two attached hydrogens (primary N) is 1. The first-order valence-electron chi connectivity index (χ1n) is 6.09. The van der Waals surface area contributed by atoms with Gasteiger partial charge in [-0.3, -0.25) is 4.98 Å². The zero-order valence-corrected chi connectivity index (χ0v) is 12.4. The molecule has 1 atom stereocenters. The predicted molar refractivity (Wildman–Crippen MR) is 86.9 cm³/mol. The van der Waals surface area contributed by atoms with E-state index in [1.165, 1.54) is 8.96 Å². The lowest BCUT2D eigenvalue weighted by Gasteiger charge is -2.15. The smallest absolute Gasteiger partial charge is 0.0558 e. The summed E-state index contributed by atoms with van der Waals surface area (Å²) in [6.07, 6.45) is 3.69. The van der Waals surface area contributed by atoms with E-state index >= 15 is 0 Å². The summed E-state index contributed by atoms with van der Waals surface area (Å²) in [7, 11) is 0. The molecule has 0 aliphatic carbocycles. The average molecular weight is 360 g/mol. The van der Waals surface area contributed by atoms with Crippen LogP contribution in [0, 0.1) is 3.57 Å². The Bertz CT molecular complexity index is 702.